The molecule has 0 aliphatic heterocycles. The summed E-state index contributed by atoms with van der Waals surface area (Å²) in [7, 11) is 0. The van der Waals surface area contributed by atoms with Gasteiger partial charge in [-0.3, -0.25) is 9.78 Å². The van der Waals surface area contributed by atoms with E-state index >= 15 is 0 Å². The number of aromatic nitrogens is 3. The number of nitrogens with zero attached hydrogens (tertiary/aromatic N) is 3. The van der Waals surface area contributed by atoms with E-state index in [0.29, 0.717) is 18.1 Å². The Hall–Kier alpha value is -3.09. The third kappa shape index (κ3) is 3.57. The van der Waals surface area contributed by atoms with Crippen molar-refractivity contribution in [2.75, 3.05) is 6.54 Å². The van der Waals surface area contributed by atoms with Crippen molar-refractivity contribution in [2.24, 2.45) is 0 Å². The molecule has 0 atom stereocenters. The van der Waals surface area contributed by atoms with Gasteiger partial charge in [0.1, 0.15) is 5.82 Å². The molecule has 1 amide bonds. The number of rotatable bonds is 5. The van der Waals surface area contributed by atoms with E-state index in [0.717, 1.165) is 5.56 Å². The molecule has 0 radical (unpaired) electrons. The molecule has 0 aliphatic carbocycles. The van der Waals surface area contributed by atoms with Crippen molar-refractivity contribution >= 4 is 5.91 Å². The van der Waals surface area contributed by atoms with Crippen LogP contribution in [0.4, 0.5) is 4.39 Å². The zero-order valence-corrected chi connectivity index (χ0v) is 12.1. The normalized spacial score (nSPS) is 10.5. The highest BCUT2D eigenvalue weighted by Gasteiger charge is 2.12. The van der Waals surface area contributed by atoms with E-state index in [4.69, 9.17) is 4.52 Å². The fraction of sp³-hybridized carbons (Fsp3) is 0.125. The third-order valence-corrected chi connectivity index (χ3v) is 3.15. The Labute approximate surface area is 131 Å². The van der Waals surface area contributed by atoms with Crippen LogP contribution in [-0.2, 0) is 6.42 Å². The molecule has 116 valence electrons. The minimum Gasteiger partial charge on any atom is -0.351 e. The number of nitrogens with one attached hydrogen (secondary N) is 1. The van der Waals surface area contributed by atoms with Crippen molar-refractivity contribution in [2.45, 2.75) is 6.42 Å². The van der Waals surface area contributed by atoms with Gasteiger partial charge in [-0.05, 0) is 24.3 Å². The summed E-state index contributed by atoms with van der Waals surface area (Å²) in [5.41, 5.74) is 0.784. The van der Waals surface area contributed by atoms with Crippen LogP contribution in [0.2, 0.25) is 0 Å². The van der Waals surface area contributed by atoms with Crippen LogP contribution in [0.5, 0.6) is 0 Å². The van der Waals surface area contributed by atoms with Crippen LogP contribution in [0.25, 0.3) is 11.5 Å². The Bertz CT molecular complexity index is 805. The second-order valence-electron chi connectivity index (χ2n) is 4.74. The molecule has 1 N–H and O–H groups in total. The lowest BCUT2D eigenvalue weighted by Crippen LogP contribution is -2.26. The van der Waals surface area contributed by atoms with Crippen LogP contribution >= 0.6 is 0 Å². The zero-order chi connectivity index (χ0) is 16.1. The molecule has 0 aliphatic rings. The number of carbonyl (C=O) groups excluding carboxylic acids is 1. The molecule has 0 bridgehead atoms. The Kier molecular flexibility index (Phi) is 4.37. The molecule has 0 saturated carbocycles. The maximum Gasteiger partial charge on any atom is 0.258 e. The molecule has 1 aromatic carbocycles. The van der Waals surface area contributed by atoms with Gasteiger partial charge in [-0.2, -0.15) is 4.98 Å². The molecule has 23 heavy (non-hydrogen) atoms. The molecule has 3 rings (SSSR count). The Morgan fingerprint density at radius 2 is 1.96 bits per heavy atom. The molecular weight excluding hydrogens is 299 g/mol. The summed E-state index contributed by atoms with van der Waals surface area (Å²) in [5, 5.41) is 6.47. The summed E-state index contributed by atoms with van der Waals surface area (Å²) in [5.74, 6) is -0.168. The molecule has 7 heteroatoms. The van der Waals surface area contributed by atoms with Gasteiger partial charge in [0.2, 0.25) is 0 Å². The first-order chi connectivity index (χ1) is 11.2. The largest absolute Gasteiger partial charge is 0.351 e. The zero-order valence-electron chi connectivity index (χ0n) is 12.1. The van der Waals surface area contributed by atoms with Crippen LogP contribution in [0.3, 0.4) is 0 Å². The summed E-state index contributed by atoms with van der Waals surface area (Å²) >= 11 is 0. The number of hydrogen-bond acceptors (Lipinski definition) is 5. The quantitative estimate of drug-likeness (QED) is 0.781. The number of hydrogen-bond donors (Lipinski definition) is 1. The second kappa shape index (κ2) is 6.78. The summed E-state index contributed by atoms with van der Waals surface area (Å²) in [6, 6.07) is 9.34. The Morgan fingerprint density at radius 3 is 2.74 bits per heavy atom. The second-order valence-corrected chi connectivity index (χ2v) is 4.74. The van der Waals surface area contributed by atoms with E-state index in [1.807, 2.05) is 0 Å². The van der Waals surface area contributed by atoms with Gasteiger partial charge in [0.15, 0.2) is 5.82 Å². The molecule has 6 nitrogen and oxygen atoms in total. The number of halogens is 1. The van der Waals surface area contributed by atoms with Crippen molar-refractivity contribution in [3.8, 4) is 11.5 Å². The number of carbonyl (C=O) groups is 1. The fourth-order valence-electron chi connectivity index (χ4n) is 2.00. The van der Waals surface area contributed by atoms with Gasteiger partial charge in [0.25, 0.3) is 11.8 Å². The first-order valence-electron chi connectivity index (χ1n) is 7.00. The highest BCUT2D eigenvalue weighted by atomic mass is 19.1. The lowest BCUT2D eigenvalue weighted by molar-refractivity contribution is 0.0950. The molecule has 0 fully saturated rings. The molecular formula is C16H13FN4O2. The summed E-state index contributed by atoms with van der Waals surface area (Å²) < 4.78 is 18.6. The fourth-order valence-corrected chi connectivity index (χ4v) is 2.00. The summed E-state index contributed by atoms with van der Waals surface area (Å²) in [6.45, 7) is 0.280. The van der Waals surface area contributed by atoms with Crippen molar-refractivity contribution in [3.05, 3.63) is 66.0 Å². The van der Waals surface area contributed by atoms with Crippen LogP contribution < -0.4 is 5.32 Å². The molecule has 3 aromatic rings. The van der Waals surface area contributed by atoms with Crippen molar-refractivity contribution in [1.29, 1.82) is 0 Å². The van der Waals surface area contributed by atoms with Gasteiger partial charge in [-0.1, -0.05) is 17.3 Å². The Morgan fingerprint density at radius 1 is 1.17 bits per heavy atom. The predicted molar refractivity (Wildman–Crippen MR) is 80.0 cm³/mol. The van der Waals surface area contributed by atoms with Crippen molar-refractivity contribution in [3.63, 3.8) is 0 Å². The van der Waals surface area contributed by atoms with E-state index in [1.165, 1.54) is 18.2 Å². The van der Waals surface area contributed by atoms with E-state index < -0.39 is 11.7 Å². The third-order valence-electron chi connectivity index (χ3n) is 3.15. The number of amides is 1. The molecule has 0 saturated heterocycles. The maximum atomic E-state index is 13.5. The monoisotopic (exact) mass is 312 g/mol. The van der Waals surface area contributed by atoms with E-state index in [-0.39, 0.29) is 12.1 Å². The SMILES string of the molecule is O=C(NCCc1noc(-c2ccncc2)n1)c1ccccc1F. The summed E-state index contributed by atoms with van der Waals surface area (Å²) in [6.07, 6.45) is 3.65. The topological polar surface area (TPSA) is 80.9 Å². The first-order valence-corrected chi connectivity index (χ1v) is 7.00. The van der Waals surface area contributed by atoms with Crippen LogP contribution in [0, 0.1) is 5.82 Å². The van der Waals surface area contributed by atoms with Gasteiger partial charge in [0.05, 0.1) is 5.56 Å². The first kappa shape index (κ1) is 14.8. The van der Waals surface area contributed by atoms with Crippen LogP contribution in [0.1, 0.15) is 16.2 Å². The standard InChI is InChI=1S/C16H13FN4O2/c17-13-4-2-1-3-12(13)15(22)19-10-7-14-20-16(23-21-14)11-5-8-18-9-6-11/h1-6,8-9H,7,10H2,(H,19,22). The van der Waals surface area contributed by atoms with Crippen LogP contribution in [-0.4, -0.2) is 27.6 Å². The van der Waals surface area contributed by atoms with Gasteiger partial charge in [-0.15, -0.1) is 0 Å². The smallest absolute Gasteiger partial charge is 0.258 e. The van der Waals surface area contributed by atoms with Crippen molar-refractivity contribution < 1.29 is 13.7 Å². The average Bonchev–Trinajstić information content (AvgIpc) is 3.05. The van der Waals surface area contributed by atoms with Gasteiger partial charge < -0.3 is 9.84 Å². The highest BCUT2D eigenvalue weighted by Crippen LogP contribution is 2.15. The van der Waals surface area contributed by atoms with Crippen molar-refractivity contribution in [1.82, 2.24) is 20.4 Å². The van der Waals surface area contributed by atoms with Gasteiger partial charge >= 0.3 is 0 Å². The maximum absolute atomic E-state index is 13.5. The van der Waals surface area contributed by atoms with E-state index in [1.54, 1.807) is 30.6 Å². The average molecular weight is 312 g/mol. The van der Waals surface area contributed by atoms with E-state index in [2.05, 4.69) is 20.4 Å². The van der Waals surface area contributed by atoms with E-state index in [9.17, 15) is 9.18 Å². The Balaban J connectivity index is 1.56. The lowest BCUT2D eigenvalue weighted by Gasteiger charge is -2.04. The lowest BCUT2D eigenvalue weighted by atomic mass is 10.2. The minimum absolute atomic E-state index is 0.0121. The summed E-state index contributed by atoms with van der Waals surface area (Å²) in [4.78, 5) is 20.0. The van der Waals surface area contributed by atoms with Gasteiger partial charge in [0, 0.05) is 30.9 Å². The number of pyridine rings is 1. The number of benzene rings is 1. The molecule has 2 aromatic heterocycles. The molecule has 2 heterocycles. The van der Waals surface area contributed by atoms with Gasteiger partial charge in [-0.25, -0.2) is 4.39 Å². The van der Waals surface area contributed by atoms with Crippen LogP contribution in [0.15, 0.2) is 53.3 Å². The predicted octanol–water partition coefficient (Wildman–Crippen LogP) is 2.24. The molecule has 0 unspecified atom stereocenters. The molecule has 0 spiro atoms. The highest BCUT2D eigenvalue weighted by molar-refractivity contribution is 5.94. The minimum atomic E-state index is -0.551.